The summed E-state index contributed by atoms with van der Waals surface area (Å²) in [5.41, 5.74) is -1.38. The molecule has 1 atom stereocenters. The summed E-state index contributed by atoms with van der Waals surface area (Å²) in [6.07, 6.45) is -4.61. The van der Waals surface area contributed by atoms with Crippen molar-refractivity contribution in [3.05, 3.63) is 33.6 Å². The van der Waals surface area contributed by atoms with E-state index < -0.39 is 23.5 Å². The number of rotatable bonds is 3. The Bertz CT molecular complexity index is 568. The summed E-state index contributed by atoms with van der Waals surface area (Å²) in [5.74, 6) is -0.632. The molecule has 0 aromatic heterocycles. The topological polar surface area (TPSA) is 12.5 Å². The molecule has 2 aliphatic rings. The highest BCUT2D eigenvalue weighted by atomic mass is 35.5. The van der Waals surface area contributed by atoms with Crippen molar-refractivity contribution in [1.82, 2.24) is 5.06 Å². The van der Waals surface area contributed by atoms with Gasteiger partial charge in [-0.05, 0) is 25.0 Å². The second-order valence-corrected chi connectivity index (χ2v) is 6.24. The minimum atomic E-state index is -4.23. The molecular formula is C13H11Cl2F4NO. The summed E-state index contributed by atoms with van der Waals surface area (Å²) in [4.78, 5) is 5.31. The van der Waals surface area contributed by atoms with Gasteiger partial charge in [0, 0.05) is 17.1 Å². The maximum atomic E-state index is 13.4. The molecule has 0 N–H and O–H groups in total. The lowest BCUT2D eigenvalue weighted by molar-refractivity contribution is -0.322. The number of halogens is 6. The lowest BCUT2D eigenvalue weighted by Crippen LogP contribution is -2.48. The third kappa shape index (κ3) is 2.63. The maximum Gasteiger partial charge on any atom is 0.395 e. The Morgan fingerprint density at radius 3 is 2.43 bits per heavy atom. The van der Waals surface area contributed by atoms with Crippen LogP contribution in [0, 0.1) is 11.2 Å². The van der Waals surface area contributed by atoms with Crippen LogP contribution in [0.2, 0.25) is 10.0 Å². The van der Waals surface area contributed by atoms with Crippen LogP contribution in [0.3, 0.4) is 0 Å². The van der Waals surface area contributed by atoms with Gasteiger partial charge in [0.25, 0.3) is 0 Å². The van der Waals surface area contributed by atoms with Crippen molar-refractivity contribution in [3.8, 4) is 0 Å². The molecule has 1 saturated carbocycles. The van der Waals surface area contributed by atoms with E-state index in [1.165, 1.54) is 11.1 Å². The molecule has 3 rings (SSSR count). The number of hydroxylamine groups is 2. The second kappa shape index (κ2) is 4.98. The van der Waals surface area contributed by atoms with Crippen LogP contribution in [0.15, 0.2) is 12.1 Å². The first-order valence-electron chi connectivity index (χ1n) is 6.35. The number of hydrogen-bond donors (Lipinski definition) is 0. The number of hydrogen-bond acceptors (Lipinski definition) is 2. The average molecular weight is 344 g/mol. The van der Waals surface area contributed by atoms with Crippen LogP contribution in [-0.2, 0) is 4.84 Å². The van der Waals surface area contributed by atoms with Crippen molar-refractivity contribution >= 4 is 23.2 Å². The van der Waals surface area contributed by atoms with E-state index in [1.807, 2.05) is 0 Å². The van der Waals surface area contributed by atoms with Gasteiger partial charge >= 0.3 is 6.18 Å². The molecule has 0 amide bonds. The lowest BCUT2D eigenvalue weighted by atomic mass is 10.0. The van der Waals surface area contributed by atoms with Crippen molar-refractivity contribution in [1.29, 1.82) is 0 Å². The van der Waals surface area contributed by atoms with Crippen molar-refractivity contribution in [2.24, 2.45) is 5.41 Å². The molecule has 21 heavy (non-hydrogen) atoms. The summed E-state index contributed by atoms with van der Waals surface area (Å²) in [6.45, 7) is -0.00171. The van der Waals surface area contributed by atoms with Crippen LogP contribution in [-0.4, -0.2) is 24.3 Å². The minimum Gasteiger partial charge on any atom is -0.289 e. The van der Waals surface area contributed by atoms with E-state index in [2.05, 4.69) is 0 Å². The molecule has 1 aliphatic heterocycles. The monoisotopic (exact) mass is 343 g/mol. The van der Waals surface area contributed by atoms with Gasteiger partial charge in [-0.15, -0.1) is 0 Å². The SMILES string of the molecule is Fc1ccc(Cl)c(C2CN(CC3(C(F)(F)F)CC3)O2)c1Cl. The number of nitrogens with zero attached hydrogens (tertiary/aromatic N) is 1. The van der Waals surface area contributed by atoms with Crippen molar-refractivity contribution in [2.45, 2.75) is 25.1 Å². The van der Waals surface area contributed by atoms with E-state index in [0.717, 1.165) is 6.07 Å². The zero-order chi connectivity index (χ0) is 15.4. The average Bonchev–Trinajstić information content (AvgIpc) is 3.11. The summed E-state index contributed by atoms with van der Waals surface area (Å²) >= 11 is 11.8. The summed E-state index contributed by atoms with van der Waals surface area (Å²) in [7, 11) is 0. The Morgan fingerprint density at radius 1 is 1.29 bits per heavy atom. The van der Waals surface area contributed by atoms with Gasteiger partial charge in [0.1, 0.15) is 11.9 Å². The largest absolute Gasteiger partial charge is 0.395 e. The van der Waals surface area contributed by atoms with Gasteiger partial charge in [-0.3, -0.25) is 4.84 Å². The van der Waals surface area contributed by atoms with Gasteiger partial charge in [0.2, 0.25) is 0 Å². The van der Waals surface area contributed by atoms with Crippen LogP contribution in [0.25, 0.3) is 0 Å². The Balaban J connectivity index is 1.66. The molecule has 0 spiro atoms. The van der Waals surface area contributed by atoms with Crippen molar-refractivity contribution in [3.63, 3.8) is 0 Å². The normalized spacial score (nSPS) is 24.8. The highest BCUT2D eigenvalue weighted by Crippen LogP contribution is 2.58. The fraction of sp³-hybridized carbons (Fsp3) is 0.538. The van der Waals surface area contributed by atoms with Crippen LogP contribution in [0.4, 0.5) is 17.6 Å². The molecule has 116 valence electrons. The molecule has 2 fully saturated rings. The molecule has 0 bridgehead atoms. The van der Waals surface area contributed by atoms with E-state index in [9.17, 15) is 17.6 Å². The first-order chi connectivity index (χ1) is 9.73. The van der Waals surface area contributed by atoms with E-state index in [1.54, 1.807) is 0 Å². The summed E-state index contributed by atoms with van der Waals surface area (Å²) < 4.78 is 51.9. The molecule has 1 saturated heterocycles. The van der Waals surface area contributed by atoms with Gasteiger partial charge in [-0.25, -0.2) is 4.39 Å². The summed E-state index contributed by atoms with van der Waals surface area (Å²) in [6, 6.07) is 2.48. The van der Waals surface area contributed by atoms with Gasteiger partial charge in [-0.2, -0.15) is 18.2 Å². The number of benzene rings is 1. The molecule has 1 unspecified atom stereocenters. The molecule has 8 heteroatoms. The van der Waals surface area contributed by atoms with Gasteiger partial charge in [0.05, 0.1) is 17.0 Å². The fourth-order valence-corrected chi connectivity index (χ4v) is 3.07. The smallest absolute Gasteiger partial charge is 0.289 e. The molecule has 1 heterocycles. The fourth-order valence-electron chi connectivity index (χ4n) is 2.46. The van der Waals surface area contributed by atoms with Gasteiger partial charge < -0.3 is 0 Å². The molecular weight excluding hydrogens is 333 g/mol. The minimum absolute atomic E-state index is 0.114. The Labute approximate surface area is 128 Å². The Hall–Kier alpha value is -0.560. The van der Waals surface area contributed by atoms with Crippen LogP contribution < -0.4 is 0 Å². The third-order valence-corrected chi connectivity index (χ3v) is 4.69. The predicted octanol–water partition coefficient (Wildman–Crippen LogP) is 4.76. The Kier molecular flexibility index (Phi) is 3.64. The molecule has 2 nitrogen and oxygen atoms in total. The van der Waals surface area contributed by atoms with Gasteiger partial charge in [-0.1, -0.05) is 23.2 Å². The third-order valence-electron chi connectivity index (χ3n) is 3.98. The predicted molar refractivity (Wildman–Crippen MR) is 69.5 cm³/mol. The second-order valence-electron chi connectivity index (χ2n) is 5.45. The van der Waals surface area contributed by atoms with Crippen molar-refractivity contribution in [2.75, 3.05) is 13.1 Å². The molecule has 0 radical (unpaired) electrons. The Morgan fingerprint density at radius 2 is 1.90 bits per heavy atom. The van der Waals surface area contributed by atoms with Crippen LogP contribution >= 0.6 is 23.2 Å². The zero-order valence-corrected chi connectivity index (χ0v) is 12.2. The molecule has 1 aromatic carbocycles. The molecule has 1 aliphatic carbocycles. The summed E-state index contributed by atoms with van der Waals surface area (Å²) in [5, 5.41) is 1.33. The van der Waals surface area contributed by atoms with Crippen molar-refractivity contribution < 1.29 is 22.4 Å². The standard InChI is InChI=1S/C13H11Cl2F4NO/c14-7-1-2-8(16)11(15)10(7)9-5-20(21-9)6-12(3-4-12)13(17,18)19/h1-2,9H,3-6H2. The van der Waals surface area contributed by atoms with E-state index >= 15 is 0 Å². The lowest BCUT2D eigenvalue weighted by Gasteiger charge is -2.41. The highest BCUT2D eigenvalue weighted by Gasteiger charge is 2.64. The number of alkyl halides is 3. The molecule has 1 aromatic rings. The maximum absolute atomic E-state index is 13.4. The first-order valence-corrected chi connectivity index (χ1v) is 7.11. The van der Waals surface area contributed by atoms with Crippen LogP contribution in [0.1, 0.15) is 24.5 Å². The quantitative estimate of drug-likeness (QED) is 0.579. The van der Waals surface area contributed by atoms with E-state index in [0.29, 0.717) is 0 Å². The van der Waals surface area contributed by atoms with Crippen LogP contribution in [0.5, 0.6) is 0 Å². The van der Waals surface area contributed by atoms with Gasteiger partial charge in [0.15, 0.2) is 0 Å². The first kappa shape index (κ1) is 15.3. The van der Waals surface area contributed by atoms with E-state index in [4.69, 9.17) is 28.0 Å². The van der Waals surface area contributed by atoms with E-state index in [-0.39, 0.29) is 41.5 Å². The highest BCUT2D eigenvalue weighted by molar-refractivity contribution is 6.36. The zero-order valence-electron chi connectivity index (χ0n) is 10.7.